The van der Waals surface area contributed by atoms with Gasteiger partial charge in [-0.05, 0) is 62.0 Å². The Morgan fingerprint density at radius 1 is 1.20 bits per heavy atom. The normalized spacial score (nSPS) is 28.2. The summed E-state index contributed by atoms with van der Waals surface area (Å²) in [7, 11) is -3.47. The predicted octanol–water partition coefficient (Wildman–Crippen LogP) is 3.19. The van der Waals surface area contributed by atoms with E-state index in [9.17, 15) is 13.2 Å². The van der Waals surface area contributed by atoms with Crippen molar-refractivity contribution in [2.45, 2.75) is 49.5 Å². The Kier molecular flexibility index (Phi) is 5.59. The highest BCUT2D eigenvalue weighted by atomic mass is 32.2. The monoisotopic (exact) mass is 363 g/mol. The summed E-state index contributed by atoms with van der Waals surface area (Å²) in [5.41, 5.74) is 0. The summed E-state index contributed by atoms with van der Waals surface area (Å²) in [5, 5.41) is 8.63. The first-order chi connectivity index (χ1) is 12.0. The smallest absolute Gasteiger partial charge is 0.303 e. The van der Waals surface area contributed by atoms with E-state index < -0.39 is 16.0 Å². The first-order valence-corrected chi connectivity index (χ1v) is 10.4. The molecule has 0 saturated heterocycles. The van der Waals surface area contributed by atoms with Crippen LogP contribution in [0.3, 0.4) is 0 Å². The molecule has 2 aliphatic carbocycles. The molecular formula is C19H25NO4S. The van der Waals surface area contributed by atoms with Gasteiger partial charge in [0.15, 0.2) is 0 Å². The van der Waals surface area contributed by atoms with Crippen molar-refractivity contribution in [2.24, 2.45) is 17.8 Å². The van der Waals surface area contributed by atoms with Crippen LogP contribution in [-0.2, 0) is 14.8 Å². The van der Waals surface area contributed by atoms with Crippen LogP contribution < -0.4 is 4.72 Å². The molecule has 0 heterocycles. The minimum Gasteiger partial charge on any atom is -0.481 e. The maximum atomic E-state index is 12.5. The summed E-state index contributed by atoms with van der Waals surface area (Å²) >= 11 is 0. The van der Waals surface area contributed by atoms with Crippen molar-refractivity contribution in [3.05, 3.63) is 42.5 Å². The second-order valence-electron chi connectivity index (χ2n) is 7.09. The maximum absolute atomic E-state index is 12.5. The van der Waals surface area contributed by atoms with Crippen molar-refractivity contribution in [3.63, 3.8) is 0 Å². The molecule has 0 amide bonds. The highest BCUT2D eigenvalue weighted by Crippen LogP contribution is 2.56. The van der Waals surface area contributed by atoms with E-state index >= 15 is 0 Å². The molecule has 5 nitrogen and oxygen atoms in total. The molecule has 0 aliphatic heterocycles. The quantitative estimate of drug-likeness (QED) is 0.521. The summed E-state index contributed by atoms with van der Waals surface area (Å²) in [4.78, 5) is 10.8. The molecule has 2 fully saturated rings. The zero-order chi connectivity index (χ0) is 17.9. The molecule has 2 saturated carbocycles. The number of rotatable bonds is 9. The Balaban J connectivity index is 1.55. The van der Waals surface area contributed by atoms with Gasteiger partial charge in [0.05, 0.1) is 4.90 Å². The first-order valence-electron chi connectivity index (χ1n) is 8.91. The minimum atomic E-state index is -3.47. The maximum Gasteiger partial charge on any atom is 0.303 e. The fourth-order valence-corrected chi connectivity index (χ4v) is 5.27. The number of hydrogen-bond acceptors (Lipinski definition) is 3. The summed E-state index contributed by atoms with van der Waals surface area (Å²) in [6.45, 7) is 0. The third-order valence-corrected chi connectivity index (χ3v) is 6.80. The fourth-order valence-electron chi connectivity index (χ4n) is 3.95. The van der Waals surface area contributed by atoms with Gasteiger partial charge in [0, 0.05) is 12.5 Å². The third-order valence-electron chi connectivity index (χ3n) is 5.30. The van der Waals surface area contributed by atoms with Gasteiger partial charge in [0.25, 0.3) is 0 Å². The number of allylic oxidation sites excluding steroid dienone is 2. The lowest BCUT2D eigenvalue weighted by atomic mass is 9.95. The van der Waals surface area contributed by atoms with Gasteiger partial charge in [0.1, 0.15) is 0 Å². The van der Waals surface area contributed by atoms with Crippen molar-refractivity contribution in [2.75, 3.05) is 0 Å². The first kappa shape index (κ1) is 18.1. The van der Waals surface area contributed by atoms with E-state index in [1.807, 2.05) is 12.1 Å². The molecule has 6 heteroatoms. The fraction of sp³-hybridized carbons (Fsp3) is 0.526. The molecule has 3 rings (SSSR count). The highest BCUT2D eigenvalue weighted by Gasteiger charge is 2.53. The second-order valence-corrected chi connectivity index (χ2v) is 8.81. The Morgan fingerprint density at radius 3 is 2.68 bits per heavy atom. The molecule has 0 bridgehead atoms. The van der Waals surface area contributed by atoms with Gasteiger partial charge in [-0.25, -0.2) is 13.1 Å². The van der Waals surface area contributed by atoms with Gasteiger partial charge in [-0.1, -0.05) is 30.4 Å². The van der Waals surface area contributed by atoms with Crippen molar-refractivity contribution in [3.8, 4) is 0 Å². The molecule has 2 aliphatic rings. The van der Waals surface area contributed by atoms with E-state index in [0.717, 1.165) is 19.3 Å². The largest absolute Gasteiger partial charge is 0.481 e. The number of nitrogens with one attached hydrogen (secondary N) is 1. The SMILES string of the molecule is O=C(O)CCC/C=C\C[C@H]1[C@H]2C[C@H]2C[C@@H]1NS(=O)(=O)c1ccccc1. The van der Waals surface area contributed by atoms with E-state index in [0.29, 0.717) is 29.1 Å². The molecule has 2 N–H and O–H groups in total. The number of carboxylic acids is 1. The zero-order valence-electron chi connectivity index (χ0n) is 14.2. The molecule has 0 radical (unpaired) electrons. The number of carbonyl (C=O) groups is 1. The lowest BCUT2D eigenvalue weighted by Gasteiger charge is -2.22. The lowest BCUT2D eigenvalue weighted by Crippen LogP contribution is -2.38. The highest BCUT2D eigenvalue weighted by molar-refractivity contribution is 7.89. The van der Waals surface area contributed by atoms with Gasteiger partial charge in [-0.15, -0.1) is 0 Å². The summed E-state index contributed by atoms with van der Waals surface area (Å²) < 4.78 is 28.0. The molecule has 136 valence electrons. The average Bonchev–Trinajstić information content (AvgIpc) is 3.25. The topological polar surface area (TPSA) is 83.5 Å². The minimum absolute atomic E-state index is 0.00220. The molecule has 4 atom stereocenters. The van der Waals surface area contributed by atoms with Crippen molar-refractivity contribution in [1.29, 1.82) is 0 Å². The molecular weight excluding hydrogens is 338 g/mol. The number of fused-ring (bicyclic) bond motifs is 1. The Labute approximate surface area is 149 Å². The van der Waals surface area contributed by atoms with E-state index in [4.69, 9.17) is 5.11 Å². The van der Waals surface area contributed by atoms with Crippen LogP contribution in [0.5, 0.6) is 0 Å². The van der Waals surface area contributed by atoms with E-state index in [1.165, 1.54) is 6.42 Å². The summed E-state index contributed by atoms with van der Waals surface area (Å²) in [6.07, 6.45) is 8.71. The number of hydrogen-bond donors (Lipinski definition) is 2. The van der Waals surface area contributed by atoms with Crippen LogP contribution >= 0.6 is 0 Å². The molecule has 1 aromatic rings. The molecule has 1 aromatic carbocycles. The molecule has 0 aromatic heterocycles. The average molecular weight is 363 g/mol. The van der Waals surface area contributed by atoms with Crippen LogP contribution in [0.15, 0.2) is 47.4 Å². The standard InChI is InChI=1S/C19H25NO4S/c21-19(22)11-7-2-1-6-10-16-17-12-14(17)13-18(16)20-25(23,24)15-8-4-3-5-9-15/h1,3-6,8-9,14,16-18,20H,2,7,10-13H2,(H,21,22)/b6-1-/t14-,16-,17-,18-/m0/s1. The van der Waals surface area contributed by atoms with Gasteiger partial charge in [-0.2, -0.15) is 0 Å². The van der Waals surface area contributed by atoms with Crippen molar-refractivity contribution >= 4 is 16.0 Å². The van der Waals surface area contributed by atoms with E-state index in [-0.39, 0.29) is 12.5 Å². The lowest BCUT2D eigenvalue weighted by molar-refractivity contribution is -0.137. The van der Waals surface area contributed by atoms with Crippen LogP contribution in [0.1, 0.15) is 38.5 Å². The molecule has 0 spiro atoms. The Hall–Kier alpha value is -1.66. The van der Waals surface area contributed by atoms with Crippen molar-refractivity contribution < 1.29 is 18.3 Å². The third kappa shape index (κ3) is 4.70. The van der Waals surface area contributed by atoms with Crippen LogP contribution in [0.4, 0.5) is 0 Å². The Bertz CT molecular complexity index is 729. The summed E-state index contributed by atoms with van der Waals surface area (Å²) in [6, 6.07) is 8.51. The summed E-state index contributed by atoms with van der Waals surface area (Å²) in [5.74, 6) is 0.876. The zero-order valence-corrected chi connectivity index (χ0v) is 15.0. The van der Waals surface area contributed by atoms with Crippen LogP contribution in [0.25, 0.3) is 0 Å². The number of benzene rings is 1. The van der Waals surface area contributed by atoms with Gasteiger partial charge < -0.3 is 5.11 Å². The van der Waals surface area contributed by atoms with E-state index in [1.54, 1.807) is 24.3 Å². The van der Waals surface area contributed by atoms with E-state index in [2.05, 4.69) is 10.8 Å². The number of sulfonamides is 1. The van der Waals surface area contributed by atoms with Crippen LogP contribution in [0, 0.1) is 17.8 Å². The van der Waals surface area contributed by atoms with Gasteiger partial charge in [-0.3, -0.25) is 4.79 Å². The number of aliphatic carboxylic acids is 1. The van der Waals surface area contributed by atoms with Gasteiger partial charge in [0.2, 0.25) is 10.0 Å². The number of carboxylic acid groups (broad SMARTS) is 1. The Morgan fingerprint density at radius 2 is 1.96 bits per heavy atom. The predicted molar refractivity (Wildman–Crippen MR) is 95.5 cm³/mol. The van der Waals surface area contributed by atoms with Crippen molar-refractivity contribution in [1.82, 2.24) is 4.72 Å². The van der Waals surface area contributed by atoms with Crippen LogP contribution in [-0.4, -0.2) is 25.5 Å². The molecule has 25 heavy (non-hydrogen) atoms. The second kappa shape index (κ2) is 7.70. The molecule has 0 unspecified atom stereocenters. The van der Waals surface area contributed by atoms with Gasteiger partial charge >= 0.3 is 5.97 Å². The number of unbranched alkanes of at least 4 members (excludes halogenated alkanes) is 1. The van der Waals surface area contributed by atoms with Crippen LogP contribution in [0.2, 0.25) is 0 Å².